The second kappa shape index (κ2) is 6.60. The monoisotopic (exact) mass is 283 g/mol. The van der Waals surface area contributed by atoms with Gasteiger partial charge in [0.15, 0.2) is 0 Å². The number of aliphatic hydroxyl groups excluding tert-OH is 1. The van der Waals surface area contributed by atoms with Gasteiger partial charge < -0.3 is 9.84 Å². The van der Waals surface area contributed by atoms with Crippen LogP contribution in [0.1, 0.15) is 38.2 Å². The van der Waals surface area contributed by atoms with Crippen LogP contribution in [-0.4, -0.2) is 23.5 Å². The van der Waals surface area contributed by atoms with Gasteiger partial charge >= 0.3 is 0 Å². The third-order valence-corrected chi connectivity index (χ3v) is 3.93. The van der Waals surface area contributed by atoms with Gasteiger partial charge in [-0.25, -0.2) is 0 Å². The highest BCUT2D eigenvalue weighted by atomic mass is 35.5. The molecule has 1 saturated carbocycles. The highest BCUT2D eigenvalue weighted by Gasteiger charge is 2.24. The van der Waals surface area contributed by atoms with Crippen LogP contribution in [0.3, 0.4) is 0 Å². The third kappa shape index (κ3) is 3.85. The Hall–Kier alpha value is -0.770. The molecule has 2 rings (SSSR count). The topological polar surface area (TPSA) is 41.5 Å². The predicted molar refractivity (Wildman–Crippen MR) is 77.7 cm³/mol. The highest BCUT2D eigenvalue weighted by Crippen LogP contribution is 2.29. The molecule has 2 N–H and O–H groups in total. The zero-order chi connectivity index (χ0) is 13.8. The standard InChI is InChI=1S/C15H22ClNO2/c1-10-6-5-7-12(16)15(10)19-11(2)17-13-8-3-4-9-14(13)18/h5-7,11,13-14,17-18H,3-4,8-9H2,1-2H3. The molecule has 0 spiro atoms. The lowest BCUT2D eigenvalue weighted by molar-refractivity contribution is 0.0580. The molecule has 1 fully saturated rings. The summed E-state index contributed by atoms with van der Waals surface area (Å²) in [5.74, 6) is 0.717. The van der Waals surface area contributed by atoms with Gasteiger partial charge in [-0.3, -0.25) is 5.32 Å². The Kier molecular flexibility index (Phi) is 5.08. The minimum Gasteiger partial charge on any atom is -0.474 e. The smallest absolute Gasteiger partial charge is 0.147 e. The van der Waals surface area contributed by atoms with Crippen molar-refractivity contribution in [2.75, 3.05) is 0 Å². The van der Waals surface area contributed by atoms with E-state index in [9.17, 15) is 5.11 Å². The molecule has 19 heavy (non-hydrogen) atoms. The molecule has 1 aliphatic carbocycles. The first-order valence-corrected chi connectivity index (χ1v) is 7.31. The van der Waals surface area contributed by atoms with E-state index in [1.54, 1.807) is 0 Å². The van der Waals surface area contributed by atoms with Crippen LogP contribution in [0.2, 0.25) is 5.02 Å². The molecular formula is C15H22ClNO2. The van der Waals surface area contributed by atoms with E-state index >= 15 is 0 Å². The summed E-state index contributed by atoms with van der Waals surface area (Å²) >= 11 is 6.14. The Morgan fingerprint density at radius 1 is 1.37 bits per heavy atom. The number of benzene rings is 1. The van der Waals surface area contributed by atoms with Crippen LogP contribution in [0.5, 0.6) is 5.75 Å². The molecule has 1 aromatic carbocycles. The van der Waals surface area contributed by atoms with Crippen molar-refractivity contribution in [2.45, 2.75) is 57.9 Å². The van der Waals surface area contributed by atoms with Crippen LogP contribution in [0, 0.1) is 6.92 Å². The normalized spacial score (nSPS) is 25.1. The molecule has 1 aromatic rings. The number of nitrogens with one attached hydrogen (secondary N) is 1. The Morgan fingerprint density at radius 2 is 2.11 bits per heavy atom. The quantitative estimate of drug-likeness (QED) is 0.834. The average Bonchev–Trinajstić information content (AvgIpc) is 2.37. The summed E-state index contributed by atoms with van der Waals surface area (Å²) in [7, 11) is 0. The maximum Gasteiger partial charge on any atom is 0.147 e. The van der Waals surface area contributed by atoms with Crippen LogP contribution in [0.15, 0.2) is 18.2 Å². The number of aliphatic hydroxyl groups is 1. The summed E-state index contributed by atoms with van der Waals surface area (Å²) in [6.07, 6.45) is 3.69. The molecular weight excluding hydrogens is 262 g/mol. The van der Waals surface area contributed by atoms with Crippen molar-refractivity contribution in [3.05, 3.63) is 28.8 Å². The van der Waals surface area contributed by atoms with Gasteiger partial charge in [-0.1, -0.05) is 36.6 Å². The van der Waals surface area contributed by atoms with Crippen LogP contribution >= 0.6 is 11.6 Å². The molecule has 3 atom stereocenters. The van der Waals surface area contributed by atoms with Crippen molar-refractivity contribution in [3.63, 3.8) is 0 Å². The summed E-state index contributed by atoms with van der Waals surface area (Å²) in [4.78, 5) is 0. The van der Waals surface area contributed by atoms with E-state index in [0.717, 1.165) is 37.0 Å². The van der Waals surface area contributed by atoms with E-state index in [0.29, 0.717) is 5.02 Å². The zero-order valence-corrected chi connectivity index (χ0v) is 12.3. The fraction of sp³-hybridized carbons (Fsp3) is 0.600. The molecule has 3 unspecified atom stereocenters. The third-order valence-electron chi connectivity index (χ3n) is 3.64. The van der Waals surface area contributed by atoms with Gasteiger partial charge in [-0.05, 0) is 38.3 Å². The Bertz CT molecular complexity index is 404. The van der Waals surface area contributed by atoms with Crippen LogP contribution in [0.25, 0.3) is 0 Å². The van der Waals surface area contributed by atoms with E-state index < -0.39 is 0 Å². The number of aryl methyl sites for hydroxylation is 1. The molecule has 0 saturated heterocycles. The van der Waals surface area contributed by atoms with E-state index in [4.69, 9.17) is 16.3 Å². The Morgan fingerprint density at radius 3 is 2.79 bits per heavy atom. The second-order valence-electron chi connectivity index (χ2n) is 5.27. The SMILES string of the molecule is Cc1cccc(Cl)c1OC(C)NC1CCCCC1O. The molecule has 0 amide bonds. The molecule has 0 aromatic heterocycles. The highest BCUT2D eigenvalue weighted by molar-refractivity contribution is 6.32. The first-order valence-electron chi connectivity index (χ1n) is 6.94. The second-order valence-corrected chi connectivity index (χ2v) is 5.68. The van der Waals surface area contributed by atoms with Gasteiger partial charge in [0.1, 0.15) is 12.0 Å². The molecule has 3 nitrogen and oxygen atoms in total. The number of rotatable bonds is 4. The van der Waals surface area contributed by atoms with Gasteiger partial charge in [0.05, 0.1) is 11.1 Å². The largest absolute Gasteiger partial charge is 0.474 e. The van der Waals surface area contributed by atoms with Crippen LogP contribution in [0.4, 0.5) is 0 Å². The van der Waals surface area contributed by atoms with Gasteiger partial charge in [-0.15, -0.1) is 0 Å². The fourth-order valence-corrected chi connectivity index (χ4v) is 2.85. The molecule has 4 heteroatoms. The first kappa shape index (κ1) is 14.6. The van der Waals surface area contributed by atoms with E-state index in [1.807, 2.05) is 32.0 Å². The number of hydrogen-bond acceptors (Lipinski definition) is 3. The summed E-state index contributed by atoms with van der Waals surface area (Å²) in [6, 6.07) is 5.83. The predicted octanol–water partition coefficient (Wildman–Crippen LogP) is 3.27. The van der Waals surface area contributed by atoms with Crippen molar-refractivity contribution in [1.29, 1.82) is 0 Å². The van der Waals surface area contributed by atoms with E-state index in [1.165, 1.54) is 0 Å². The summed E-state index contributed by atoms with van der Waals surface area (Å²) < 4.78 is 5.87. The number of ether oxygens (including phenoxy) is 1. The van der Waals surface area contributed by atoms with Gasteiger partial charge in [0.2, 0.25) is 0 Å². The molecule has 0 aliphatic heterocycles. The van der Waals surface area contributed by atoms with Gasteiger partial charge in [-0.2, -0.15) is 0 Å². The maximum atomic E-state index is 9.95. The fourth-order valence-electron chi connectivity index (χ4n) is 2.58. The number of hydrogen-bond donors (Lipinski definition) is 2. The van der Waals surface area contributed by atoms with Crippen LogP contribution in [-0.2, 0) is 0 Å². The van der Waals surface area contributed by atoms with Crippen molar-refractivity contribution < 1.29 is 9.84 Å². The molecule has 0 heterocycles. The lowest BCUT2D eigenvalue weighted by Gasteiger charge is -2.31. The van der Waals surface area contributed by atoms with Crippen molar-refractivity contribution in [1.82, 2.24) is 5.32 Å². The Balaban J connectivity index is 1.95. The zero-order valence-electron chi connectivity index (χ0n) is 11.5. The number of halogens is 1. The Labute approximate surface area is 119 Å². The number of para-hydroxylation sites is 1. The summed E-state index contributed by atoms with van der Waals surface area (Å²) in [6.45, 7) is 3.92. The molecule has 106 valence electrons. The van der Waals surface area contributed by atoms with Crippen molar-refractivity contribution in [3.8, 4) is 5.75 Å². The van der Waals surface area contributed by atoms with Gasteiger partial charge in [0, 0.05) is 6.04 Å². The molecule has 0 bridgehead atoms. The van der Waals surface area contributed by atoms with Crippen LogP contribution < -0.4 is 10.1 Å². The van der Waals surface area contributed by atoms with Crippen molar-refractivity contribution in [2.24, 2.45) is 0 Å². The maximum absolute atomic E-state index is 9.95. The molecule has 1 aliphatic rings. The average molecular weight is 284 g/mol. The first-order chi connectivity index (χ1) is 9.08. The lowest BCUT2D eigenvalue weighted by Crippen LogP contribution is -2.48. The minimum absolute atomic E-state index is 0.117. The van der Waals surface area contributed by atoms with Crippen molar-refractivity contribution >= 4 is 11.6 Å². The van der Waals surface area contributed by atoms with E-state index in [-0.39, 0.29) is 18.4 Å². The molecule has 0 radical (unpaired) electrons. The minimum atomic E-state index is -0.271. The summed E-state index contributed by atoms with van der Waals surface area (Å²) in [5.41, 5.74) is 1.02. The summed E-state index contributed by atoms with van der Waals surface area (Å²) in [5, 5.41) is 13.9. The van der Waals surface area contributed by atoms with E-state index in [2.05, 4.69) is 5.32 Å². The lowest BCUT2D eigenvalue weighted by atomic mass is 9.92. The van der Waals surface area contributed by atoms with Gasteiger partial charge in [0.25, 0.3) is 0 Å².